The molecule has 4 rings (SSSR count). The van der Waals surface area contributed by atoms with E-state index in [0.717, 1.165) is 55.1 Å². The molecule has 2 aromatic carbocycles. The van der Waals surface area contributed by atoms with Gasteiger partial charge >= 0.3 is 0 Å². The Bertz CT molecular complexity index is 1160. The molecule has 0 aromatic heterocycles. The molecule has 1 atom stereocenters. The highest BCUT2D eigenvalue weighted by Gasteiger charge is 2.30. The summed E-state index contributed by atoms with van der Waals surface area (Å²) >= 11 is 0. The Morgan fingerprint density at radius 1 is 1.05 bits per heavy atom. The van der Waals surface area contributed by atoms with Crippen LogP contribution in [0.5, 0.6) is 5.75 Å². The van der Waals surface area contributed by atoms with Gasteiger partial charge in [0, 0.05) is 37.3 Å². The number of likely N-dealkylation sites (tertiary alicyclic amines) is 1. The van der Waals surface area contributed by atoms with Crippen LogP contribution in [0.15, 0.2) is 42.5 Å². The maximum absolute atomic E-state index is 13.4. The van der Waals surface area contributed by atoms with Crippen LogP contribution < -0.4 is 15.0 Å². The summed E-state index contributed by atoms with van der Waals surface area (Å²) in [5.74, 6) is 1.79. The molecule has 1 saturated heterocycles. The Labute approximate surface area is 241 Å². The van der Waals surface area contributed by atoms with Crippen molar-refractivity contribution in [1.29, 1.82) is 0 Å². The Balaban J connectivity index is 1.27. The first kappa shape index (κ1) is 30.1. The van der Waals surface area contributed by atoms with Gasteiger partial charge in [-0.05, 0) is 120 Å². The lowest BCUT2D eigenvalue weighted by molar-refractivity contribution is -0.123. The standard InChI is InChI=1S/C34H49N3O3/c1-24-9-8-18-37(22-24)23-28-12-15-29(19-25(28)2)36(6)33(39)27-13-16-30(17-14-27)40-31-11-7-10-26(20-31)21-32(38)35-34(3,4)5/h7,10-12,15,19-20,24,27,30H,8-9,13-14,16-18,21-23H2,1-6H3,(H,35,38)/t24-,27?,30?/m1/s1. The fraction of sp³-hybridized carbons (Fsp3) is 0.588. The van der Waals surface area contributed by atoms with Crippen molar-refractivity contribution in [1.82, 2.24) is 10.2 Å². The van der Waals surface area contributed by atoms with Gasteiger partial charge in [-0.25, -0.2) is 0 Å². The molecule has 2 fully saturated rings. The summed E-state index contributed by atoms with van der Waals surface area (Å²) in [7, 11) is 1.91. The molecule has 6 heteroatoms. The van der Waals surface area contributed by atoms with Gasteiger partial charge in [0.2, 0.25) is 11.8 Å². The molecule has 6 nitrogen and oxygen atoms in total. The van der Waals surface area contributed by atoms with E-state index in [1.807, 2.05) is 57.0 Å². The molecule has 0 spiro atoms. The number of ether oxygens (including phenoxy) is 1. The van der Waals surface area contributed by atoms with Crippen LogP contribution in [-0.2, 0) is 22.6 Å². The molecule has 1 N–H and O–H groups in total. The Morgan fingerprint density at radius 2 is 1.80 bits per heavy atom. The van der Waals surface area contributed by atoms with E-state index in [2.05, 4.69) is 42.3 Å². The Hall–Kier alpha value is -2.86. The third-order valence-electron chi connectivity index (χ3n) is 8.28. The number of hydrogen-bond donors (Lipinski definition) is 1. The van der Waals surface area contributed by atoms with Crippen LogP contribution >= 0.6 is 0 Å². The van der Waals surface area contributed by atoms with Gasteiger partial charge < -0.3 is 15.0 Å². The summed E-state index contributed by atoms with van der Waals surface area (Å²) in [6.07, 6.45) is 6.40. The van der Waals surface area contributed by atoms with Gasteiger partial charge in [0.1, 0.15) is 5.75 Å². The SMILES string of the molecule is Cc1cc(N(C)C(=O)C2CCC(Oc3cccc(CC(=O)NC(C)(C)C)c3)CC2)ccc1CN1CCC[C@@H](C)C1. The topological polar surface area (TPSA) is 61.9 Å². The molecule has 40 heavy (non-hydrogen) atoms. The van der Waals surface area contributed by atoms with Crippen molar-refractivity contribution in [3.63, 3.8) is 0 Å². The lowest BCUT2D eigenvalue weighted by Gasteiger charge is -2.32. The summed E-state index contributed by atoms with van der Waals surface area (Å²) in [6.45, 7) is 13.8. The van der Waals surface area contributed by atoms with Crippen molar-refractivity contribution in [2.75, 3.05) is 25.0 Å². The summed E-state index contributed by atoms with van der Waals surface area (Å²) in [6, 6.07) is 14.3. The zero-order valence-corrected chi connectivity index (χ0v) is 25.5. The lowest BCUT2D eigenvalue weighted by Crippen LogP contribution is -2.41. The number of benzene rings is 2. The van der Waals surface area contributed by atoms with Crippen LogP contribution in [0, 0.1) is 18.8 Å². The summed E-state index contributed by atoms with van der Waals surface area (Å²) in [5.41, 5.74) is 4.28. The van der Waals surface area contributed by atoms with Gasteiger partial charge in [-0.1, -0.05) is 25.1 Å². The molecule has 0 radical (unpaired) electrons. The molecular weight excluding hydrogens is 498 g/mol. The highest BCUT2D eigenvalue weighted by atomic mass is 16.5. The fourth-order valence-electron chi connectivity index (χ4n) is 6.14. The Kier molecular flexibility index (Phi) is 9.94. The van der Waals surface area contributed by atoms with Gasteiger partial charge in [-0.2, -0.15) is 0 Å². The second kappa shape index (κ2) is 13.2. The molecular formula is C34H49N3O3. The monoisotopic (exact) mass is 547 g/mol. The number of aryl methyl sites for hydroxylation is 1. The van der Waals surface area contributed by atoms with Crippen molar-refractivity contribution in [2.24, 2.45) is 11.8 Å². The predicted molar refractivity (Wildman–Crippen MR) is 163 cm³/mol. The van der Waals surface area contributed by atoms with E-state index < -0.39 is 0 Å². The average molecular weight is 548 g/mol. The van der Waals surface area contributed by atoms with Crippen molar-refractivity contribution >= 4 is 17.5 Å². The number of amides is 2. The number of nitrogens with zero attached hydrogens (tertiary/aromatic N) is 2. The van der Waals surface area contributed by atoms with E-state index in [-0.39, 0.29) is 29.4 Å². The molecule has 1 saturated carbocycles. The normalized spacial score (nSPS) is 22.0. The van der Waals surface area contributed by atoms with Crippen LogP contribution in [0.1, 0.15) is 82.9 Å². The smallest absolute Gasteiger partial charge is 0.229 e. The molecule has 2 amide bonds. The second-order valence-electron chi connectivity index (χ2n) is 13.2. The van der Waals surface area contributed by atoms with Crippen LogP contribution in [0.2, 0.25) is 0 Å². The minimum absolute atomic E-state index is 0.00857. The molecule has 0 unspecified atom stereocenters. The Morgan fingerprint density at radius 3 is 2.48 bits per heavy atom. The quantitative estimate of drug-likeness (QED) is 0.422. The minimum atomic E-state index is -0.247. The van der Waals surface area contributed by atoms with Gasteiger partial charge in [0.05, 0.1) is 12.5 Å². The highest BCUT2D eigenvalue weighted by Crippen LogP contribution is 2.31. The zero-order valence-electron chi connectivity index (χ0n) is 25.5. The van der Waals surface area contributed by atoms with Crippen LogP contribution in [0.25, 0.3) is 0 Å². The van der Waals surface area contributed by atoms with Gasteiger partial charge in [-0.3, -0.25) is 14.5 Å². The van der Waals surface area contributed by atoms with E-state index in [0.29, 0.717) is 6.42 Å². The molecule has 2 aromatic rings. The number of nitrogens with one attached hydrogen (secondary N) is 1. The molecule has 0 bridgehead atoms. The lowest BCUT2D eigenvalue weighted by atomic mass is 9.86. The highest BCUT2D eigenvalue weighted by molar-refractivity contribution is 5.94. The minimum Gasteiger partial charge on any atom is -0.490 e. The van der Waals surface area contributed by atoms with E-state index >= 15 is 0 Å². The summed E-state index contributed by atoms with van der Waals surface area (Å²) in [4.78, 5) is 30.1. The number of carbonyl (C=O) groups is 2. The fourth-order valence-corrected chi connectivity index (χ4v) is 6.14. The first-order valence-corrected chi connectivity index (χ1v) is 15.1. The van der Waals surface area contributed by atoms with Gasteiger partial charge in [-0.15, -0.1) is 0 Å². The summed E-state index contributed by atoms with van der Waals surface area (Å²) in [5, 5.41) is 3.01. The molecule has 1 heterocycles. The van der Waals surface area contributed by atoms with Gasteiger partial charge in [0.15, 0.2) is 0 Å². The van der Waals surface area contributed by atoms with E-state index in [4.69, 9.17) is 4.74 Å². The van der Waals surface area contributed by atoms with Crippen LogP contribution in [-0.4, -0.2) is 48.5 Å². The van der Waals surface area contributed by atoms with E-state index in [9.17, 15) is 9.59 Å². The van der Waals surface area contributed by atoms with Gasteiger partial charge in [0.25, 0.3) is 0 Å². The molecule has 218 valence electrons. The molecule has 1 aliphatic carbocycles. The number of rotatable bonds is 8. The number of anilines is 1. The van der Waals surface area contributed by atoms with Crippen LogP contribution in [0.4, 0.5) is 5.69 Å². The molecule has 2 aliphatic rings. The number of piperidine rings is 1. The van der Waals surface area contributed by atoms with E-state index in [1.165, 1.54) is 37.1 Å². The zero-order chi connectivity index (χ0) is 28.9. The van der Waals surface area contributed by atoms with Crippen LogP contribution in [0.3, 0.4) is 0 Å². The largest absolute Gasteiger partial charge is 0.490 e. The average Bonchev–Trinajstić information content (AvgIpc) is 2.88. The number of hydrogen-bond acceptors (Lipinski definition) is 4. The van der Waals surface area contributed by atoms with E-state index in [1.54, 1.807) is 0 Å². The third kappa shape index (κ3) is 8.57. The van der Waals surface area contributed by atoms with Crippen molar-refractivity contribution in [3.05, 3.63) is 59.2 Å². The summed E-state index contributed by atoms with van der Waals surface area (Å²) < 4.78 is 6.29. The van der Waals surface area contributed by atoms with Crippen molar-refractivity contribution in [3.8, 4) is 5.75 Å². The maximum Gasteiger partial charge on any atom is 0.229 e. The maximum atomic E-state index is 13.4. The van der Waals surface area contributed by atoms with Crippen molar-refractivity contribution < 1.29 is 14.3 Å². The predicted octanol–water partition coefficient (Wildman–Crippen LogP) is 6.28. The molecule has 1 aliphatic heterocycles. The third-order valence-corrected chi connectivity index (χ3v) is 8.28. The van der Waals surface area contributed by atoms with Crippen molar-refractivity contribution in [2.45, 2.75) is 97.8 Å². The first-order valence-electron chi connectivity index (χ1n) is 15.1. The first-order chi connectivity index (χ1) is 19.0. The second-order valence-corrected chi connectivity index (χ2v) is 13.2. The number of carbonyl (C=O) groups excluding carboxylic acids is 2.